The average Bonchev–Trinajstić information content (AvgIpc) is 2.91. The number of sulfonamides is 1. The zero-order chi connectivity index (χ0) is 25.7. The molecule has 0 saturated carbocycles. The molecular formula is C28H32N2O5S. The molecule has 1 aliphatic carbocycles. The van der Waals surface area contributed by atoms with Crippen LogP contribution in [0.2, 0.25) is 0 Å². The molecule has 36 heavy (non-hydrogen) atoms. The van der Waals surface area contributed by atoms with Gasteiger partial charge >= 0.3 is 0 Å². The summed E-state index contributed by atoms with van der Waals surface area (Å²) < 4.78 is 39.2. The van der Waals surface area contributed by atoms with Crippen LogP contribution in [0.1, 0.15) is 42.5 Å². The maximum atomic E-state index is 13.7. The normalized spacial score (nSPS) is 13.9. The molecular weight excluding hydrogens is 476 g/mol. The number of nitrogens with one attached hydrogen (secondary N) is 1. The van der Waals surface area contributed by atoms with E-state index in [0.717, 1.165) is 22.7 Å². The van der Waals surface area contributed by atoms with Crippen molar-refractivity contribution in [2.75, 3.05) is 25.1 Å². The second kappa shape index (κ2) is 11.0. The number of hydrogen-bond donors (Lipinski definition) is 1. The fourth-order valence-electron chi connectivity index (χ4n) is 4.53. The minimum absolute atomic E-state index is 0.0745. The van der Waals surface area contributed by atoms with Crippen molar-refractivity contribution in [2.45, 2.75) is 43.5 Å². The molecule has 0 fully saturated rings. The highest BCUT2D eigenvalue weighted by atomic mass is 32.2. The van der Waals surface area contributed by atoms with Gasteiger partial charge in [-0.1, -0.05) is 36.4 Å². The maximum absolute atomic E-state index is 13.7. The van der Waals surface area contributed by atoms with Gasteiger partial charge in [0.1, 0.15) is 18.0 Å². The van der Waals surface area contributed by atoms with Crippen molar-refractivity contribution < 1.29 is 22.7 Å². The van der Waals surface area contributed by atoms with E-state index in [1.165, 1.54) is 50.3 Å². The summed E-state index contributed by atoms with van der Waals surface area (Å²) in [7, 11) is -1.13. The minimum atomic E-state index is -4.08. The third kappa shape index (κ3) is 5.49. The Bertz CT molecular complexity index is 1330. The van der Waals surface area contributed by atoms with Gasteiger partial charge in [0.2, 0.25) is 5.91 Å². The van der Waals surface area contributed by atoms with Crippen LogP contribution in [-0.2, 0) is 27.7 Å². The molecule has 0 aromatic heterocycles. The van der Waals surface area contributed by atoms with Gasteiger partial charge in [0.15, 0.2) is 0 Å². The summed E-state index contributed by atoms with van der Waals surface area (Å²) in [5, 5.41) is 2.98. The fraction of sp³-hybridized carbons (Fsp3) is 0.321. The van der Waals surface area contributed by atoms with Crippen LogP contribution in [0.25, 0.3) is 0 Å². The van der Waals surface area contributed by atoms with E-state index in [1.807, 2.05) is 13.0 Å². The van der Waals surface area contributed by atoms with Crippen LogP contribution in [0.4, 0.5) is 5.69 Å². The number of amides is 1. The van der Waals surface area contributed by atoms with E-state index in [9.17, 15) is 13.2 Å². The molecule has 1 atom stereocenters. The van der Waals surface area contributed by atoms with Crippen LogP contribution in [-0.4, -0.2) is 35.1 Å². The third-order valence-corrected chi connectivity index (χ3v) is 8.30. The van der Waals surface area contributed by atoms with Crippen molar-refractivity contribution in [3.63, 3.8) is 0 Å². The molecule has 3 aromatic carbocycles. The van der Waals surface area contributed by atoms with E-state index < -0.39 is 22.5 Å². The maximum Gasteiger partial charge on any atom is 0.264 e. The second-order valence-electron chi connectivity index (χ2n) is 8.89. The lowest BCUT2D eigenvalue weighted by atomic mass is 9.89. The monoisotopic (exact) mass is 508 g/mol. The lowest BCUT2D eigenvalue weighted by molar-refractivity contribution is -0.120. The smallest absolute Gasteiger partial charge is 0.264 e. The lowest BCUT2D eigenvalue weighted by Gasteiger charge is -2.27. The SMILES string of the molecule is COc1ccc(OC)c(N(CC(=O)N[C@H](C)c2ccc3c(c2)CCCC3)S(=O)(=O)c2ccccc2)c1. The molecule has 190 valence electrons. The molecule has 0 saturated heterocycles. The Morgan fingerprint density at radius 3 is 2.36 bits per heavy atom. The number of hydrogen-bond acceptors (Lipinski definition) is 5. The summed E-state index contributed by atoms with van der Waals surface area (Å²) in [6.45, 7) is 1.49. The summed E-state index contributed by atoms with van der Waals surface area (Å²) in [5.74, 6) is 0.331. The van der Waals surface area contributed by atoms with Crippen molar-refractivity contribution in [1.82, 2.24) is 5.32 Å². The van der Waals surface area contributed by atoms with E-state index in [1.54, 1.807) is 36.4 Å². The number of ether oxygens (including phenoxy) is 2. The zero-order valence-electron chi connectivity index (χ0n) is 20.9. The summed E-state index contributed by atoms with van der Waals surface area (Å²) in [6.07, 6.45) is 4.51. The molecule has 0 radical (unpaired) electrons. The van der Waals surface area contributed by atoms with Gasteiger partial charge in [0.05, 0.1) is 30.8 Å². The molecule has 0 unspecified atom stereocenters. The van der Waals surface area contributed by atoms with Crippen molar-refractivity contribution in [2.24, 2.45) is 0 Å². The van der Waals surface area contributed by atoms with Gasteiger partial charge in [-0.25, -0.2) is 8.42 Å². The van der Waals surface area contributed by atoms with Gasteiger partial charge in [0, 0.05) is 6.07 Å². The standard InChI is InChI=1S/C28H32N2O5S/c1-20(22-14-13-21-9-7-8-10-23(21)17-22)29-28(31)19-30(36(32,33)25-11-5-4-6-12-25)26-18-24(34-2)15-16-27(26)35-3/h4-6,11-18,20H,7-10,19H2,1-3H3,(H,29,31)/t20-/m1/s1. The molecule has 7 nitrogen and oxygen atoms in total. The summed E-state index contributed by atoms with van der Waals surface area (Å²) in [5.41, 5.74) is 3.92. The minimum Gasteiger partial charge on any atom is -0.497 e. The number of carbonyl (C=O) groups is 1. The van der Waals surface area contributed by atoms with Gasteiger partial charge in [-0.3, -0.25) is 9.10 Å². The number of aryl methyl sites for hydroxylation is 2. The lowest BCUT2D eigenvalue weighted by Crippen LogP contribution is -2.41. The van der Waals surface area contributed by atoms with Gasteiger partial charge in [-0.05, 0) is 73.6 Å². The van der Waals surface area contributed by atoms with Crippen LogP contribution in [0.5, 0.6) is 11.5 Å². The number of anilines is 1. The van der Waals surface area contributed by atoms with Crippen LogP contribution in [0, 0.1) is 0 Å². The predicted octanol–water partition coefficient (Wildman–Crippen LogP) is 4.66. The topological polar surface area (TPSA) is 84.9 Å². The van der Waals surface area contributed by atoms with Gasteiger partial charge in [-0.15, -0.1) is 0 Å². The number of benzene rings is 3. The zero-order valence-corrected chi connectivity index (χ0v) is 21.7. The highest BCUT2D eigenvalue weighted by molar-refractivity contribution is 7.92. The molecule has 8 heteroatoms. The number of rotatable bonds is 9. The van der Waals surface area contributed by atoms with Crippen molar-refractivity contribution in [3.8, 4) is 11.5 Å². The number of methoxy groups -OCH3 is 2. The van der Waals surface area contributed by atoms with E-state index in [4.69, 9.17) is 9.47 Å². The molecule has 0 aliphatic heterocycles. The van der Waals surface area contributed by atoms with Crippen LogP contribution < -0.4 is 19.1 Å². The highest BCUT2D eigenvalue weighted by Crippen LogP contribution is 2.35. The summed E-state index contributed by atoms with van der Waals surface area (Å²) >= 11 is 0. The van der Waals surface area contributed by atoms with Gasteiger partial charge in [0.25, 0.3) is 10.0 Å². The largest absolute Gasteiger partial charge is 0.497 e. The van der Waals surface area contributed by atoms with Gasteiger partial charge < -0.3 is 14.8 Å². The first-order chi connectivity index (χ1) is 17.3. The van der Waals surface area contributed by atoms with Crippen molar-refractivity contribution in [3.05, 3.63) is 83.4 Å². The Labute approximate surface area is 213 Å². The molecule has 0 bridgehead atoms. The molecule has 3 aromatic rings. The van der Waals surface area contributed by atoms with Crippen LogP contribution >= 0.6 is 0 Å². The van der Waals surface area contributed by atoms with Gasteiger partial charge in [-0.2, -0.15) is 0 Å². The van der Waals surface area contributed by atoms with E-state index in [2.05, 4.69) is 17.4 Å². The van der Waals surface area contributed by atoms with E-state index in [-0.39, 0.29) is 16.6 Å². The number of carbonyl (C=O) groups excluding carboxylic acids is 1. The predicted molar refractivity (Wildman–Crippen MR) is 140 cm³/mol. The Hall–Kier alpha value is -3.52. The molecule has 4 rings (SSSR count). The van der Waals surface area contributed by atoms with E-state index in [0.29, 0.717) is 11.5 Å². The fourth-order valence-corrected chi connectivity index (χ4v) is 5.98. The third-order valence-electron chi connectivity index (χ3n) is 6.52. The summed E-state index contributed by atoms with van der Waals surface area (Å²) in [4.78, 5) is 13.3. The van der Waals surface area contributed by atoms with Crippen LogP contribution in [0.3, 0.4) is 0 Å². The molecule has 0 heterocycles. The Morgan fingerprint density at radius 2 is 1.67 bits per heavy atom. The molecule has 1 aliphatic rings. The van der Waals surface area contributed by atoms with E-state index >= 15 is 0 Å². The van der Waals surface area contributed by atoms with Crippen molar-refractivity contribution >= 4 is 21.6 Å². The first-order valence-electron chi connectivity index (χ1n) is 12.0. The Morgan fingerprint density at radius 1 is 0.944 bits per heavy atom. The van der Waals surface area contributed by atoms with Crippen molar-refractivity contribution in [1.29, 1.82) is 0 Å². The highest BCUT2D eigenvalue weighted by Gasteiger charge is 2.30. The second-order valence-corrected chi connectivity index (χ2v) is 10.7. The molecule has 0 spiro atoms. The number of nitrogens with zero attached hydrogens (tertiary/aromatic N) is 1. The first kappa shape index (κ1) is 25.6. The number of fused-ring (bicyclic) bond motifs is 1. The first-order valence-corrected chi connectivity index (χ1v) is 13.5. The van der Waals surface area contributed by atoms with Crippen LogP contribution in [0.15, 0.2) is 71.6 Å². The Balaban J connectivity index is 1.64. The average molecular weight is 509 g/mol. The quantitative estimate of drug-likeness (QED) is 0.455. The molecule has 1 N–H and O–H groups in total. The Kier molecular flexibility index (Phi) is 7.84. The molecule has 1 amide bonds. The summed E-state index contributed by atoms with van der Waals surface area (Å²) in [6, 6.07) is 18.9.